The quantitative estimate of drug-likeness (QED) is 0.846. The number of fused-ring (bicyclic) bond motifs is 1. The summed E-state index contributed by atoms with van der Waals surface area (Å²) in [6, 6.07) is 9.75. The number of nitrogens with zero attached hydrogens (tertiary/aromatic N) is 1. The molecule has 18 heavy (non-hydrogen) atoms. The maximum Gasteiger partial charge on any atom is 0.320 e. The smallest absolute Gasteiger partial charge is 0.320 e. The highest BCUT2D eigenvalue weighted by Crippen LogP contribution is 2.28. The molecule has 1 aromatic carbocycles. The Labute approximate surface area is 105 Å². The van der Waals surface area contributed by atoms with Crippen LogP contribution in [0.25, 0.3) is 10.9 Å². The van der Waals surface area contributed by atoms with Gasteiger partial charge in [0.25, 0.3) is 0 Å². The average molecular weight is 242 g/mol. The van der Waals surface area contributed by atoms with Crippen LogP contribution in [0, 0.1) is 0 Å². The summed E-state index contributed by atoms with van der Waals surface area (Å²) >= 11 is 0. The summed E-state index contributed by atoms with van der Waals surface area (Å²) in [7, 11) is 0. The van der Waals surface area contributed by atoms with Gasteiger partial charge in [-0.05, 0) is 36.6 Å². The number of carbonyl (C=O) groups is 1. The molecule has 1 aliphatic rings. The van der Waals surface area contributed by atoms with Gasteiger partial charge >= 0.3 is 5.97 Å². The first-order valence-corrected chi connectivity index (χ1v) is 6.07. The normalized spacial score (nSPS) is 23.3. The van der Waals surface area contributed by atoms with Crippen LogP contribution in [0.1, 0.15) is 24.4 Å². The van der Waals surface area contributed by atoms with E-state index >= 15 is 0 Å². The van der Waals surface area contributed by atoms with E-state index in [0.29, 0.717) is 6.42 Å². The zero-order chi connectivity index (χ0) is 12.5. The Kier molecular flexibility index (Phi) is 2.72. The molecule has 2 N–H and O–H groups in total. The predicted octanol–water partition coefficient (Wildman–Crippen LogP) is 2.11. The van der Waals surface area contributed by atoms with Gasteiger partial charge in [-0.15, -0.1) is 0 Å². The fourth-order valence-electron chi connectivity index (χ4n) is 2.51. The molecule has 0 aliphatic carbocycles. The van der Waals surface area contributed by atoms with E-state index in [0.717, 1.165) is 22.9 Å². The summed E-state index contributed by atoms with van der Waals surface area (Å²) in [5.41, 5.74) is 2.10. The van der Waals surface area contributed by atoms with Crippen molar-refractivity contribution >= 4 is 16.9 Å². The van der Waals surface area contributed by atoms with E-state index in [4.69, 9.17) is 5.11 Å². The second-order valence-electron chi connectivity index (χ2n) is 4.64. The molecule has 0 spiro atoms. The number of aliphatic carboxylic acids is 1. The Morgan fingerprint density at radius 2 is 2.22 bits per heavy atom. The van der Waals surface area contributed by atoms with E-state index < -0.39 is 12.0 Å². The van der Waals surface area contributed by atoms with Crippen molar-refractivity contribution in [2.45, 2.75) is 24.9 Å². The molecule has 1 aromatic heterocycles. The SMILES string of the molecule is O=C(O)C1CCC(c2ccc3ncccc3c2)N1. The fraction of sp³-hybridized carbons (Fsp3) is 0.286. The van der Waals surface area contributed by atoms with Gasteiger partial charge in [0.2, 0.25) is 0 Å². The van der Waals surface area contributed by atoms with Crippen LogP contribution >= 0.6 is 0 Å². The average Bonchev–Trinajstić information content (AvgIpc) is 2.88. The van der Waals surface area contributed by atoms with Crippen molar-refractivity contribution in [3.63, 3.8) is 0 Å². The summed E-state index contributed by atoms with van der Waals surface area (Å²) < 4.78 is 0. The van der Waals surface area contributed by atoms with Crippen molar-refractivity contribution in [2.75, 3.05) is 0 Å². The molecule has 1 aliphatic heterocycles. The molecular weight excluding hydrogens is 228 g/mol. The largest absolute Gasteiger partial charge is 0.480 e. The molecule has 0 bridgehead atoms. The minimum atomic E-state index is -0.764. The van der Waals surface area contributed by atoms with Crippen molar-refractivity contribution in [3.05, 3.63) is 42.1 Å². The van der Waals surface area contributed by atoms with Gasteiger partial charge < -0.3 is 5.11 Å². The zero-order valence-corrected chi connectivity index (χ0v) is 9.84. The van der Waals surface area contributed by atoms with Crippen molar-refractivity contribution < 1.29 is 9.90 Å². The van der Waals surface area contributed by atoms with E-state index in [2.05, 4.69) is 16.4 Å². The van der Waals surface area contributed by atoms with Gasteiger partial charge in [0.15, 0.2) is 0 Å². The van der Waals surface area contributed by atoms with Crippen molar-refractivity contribution in [1.29, 1.82) is 0 Å². The molecule has 2 heterocycles. The number of carboxylic acids is 1. The van der Waals surface area contributed by atoms with Crippen molar-refractivity contribution in [2.24, 2.45) is 0 Å². The number of rotatable bonds is 2. The molecule has 0 amide bonds. The number of nitrogens with one attached hydrogen (secondary N) is 1. The predicted molar refractivity (Wildman–Crippen MR) is 68.3 cm³/mol. The maximum atomic E-state index is 10.9. The molecule has 2 aromatic rings. The zero-order valence-electron chi connectivity index (χ0n) is 9.84. The van der Waals surface area contributed by atoms with Crippen LogP contribution in [-0.2, 0) is 4.79 Å². The van der Waals surface area contributed by atoms with Crippen molar-refractivity contribution in [1.82, 2.24) is 10.3 Å². The van der Waals surface area contributed by atoms with Crippen LogP contribution in [0.2, 0.25) is 0 Å². The Hall–Kier alpha value is -1.94. The third-order valence-corrected chi connectivity index (χ3v) is 3.47. The molecular formula is C14H14N2O2. The van der Waals surface area contributed by atoms with Crippen LogP contribution < -0.4 is 5.32 Å². The number of carboxylic acid groups (broad SMARTS) is 1. The molecule has 0 saturated carbocycles. The fourth-order valence-corrected chi connectivity index (χ4v) is 2.51. The van der Waals surface area contributed by atoms with Crippen LogP contribution in [0.4, 0.5) is 0 Å². The number of benzene rings is 1. The van der Waals surface area contributed by atoms with E-state index in [9.17, 15) is 4.79 Å². The second-order valence-corrected chi connectivity index (χ2v) is 4.64. The highest BCUT2D eigenvalue weighted by atomic mass is 16.4. The van der Waals surface area contributed by atoms with E-state index in [1.165, 1.54) is 0 Å². The van der Waals surface area contributed by atoms with Crippen LogP contribution in [0.15, 0.2) is 36.5 Å². The molecule has 0 radical (unpaired) electrons. The highest BCUT2D eigenvalue weighted by Gasteiger charge is 2.29. The minimum absolute atomic E-state index is 0.135. The van der Waals surface area contributed by atoms with Gasteiger partial charge in [-0.25, -0.2) is 0 Å². The third-order valence-electron chi connectivity index (χ3n) is 3.47. The molecule has 4 nitrogen and oxygen atoms in total. The summed E-state index contributed by atoms with van der Waals surface area (Å²) in [4.78, 5) is 15.2. The summed E-state index contributed by atoms with van der Waals surface area (Å²) in [6.07, 6.45) is 3.32. The maximum absolute atomic E-state index is 10.9. The topological polar surface area (TPSA) is 62.2 Å². The lowest BCUT2D eigenvalue weighted by Gasteiger charge is -2.12. The Balaban J connectivity index is 1.89. The number of pyridine rings is 1. The molecule has 1 fully saturated rings. The third kappa shape index (κ3) is 1.95. The Bertz CT molecular complexity index is 597. The van der Waals surface area contributed by atoms with Crippen molar-refractivity contribution in [3.8, 4) is 0 Å². The van der Waals surface area contributed by atoms with E-state index in [1.54, 1.807) is 6.20 Å². The number of hydrogen-bond acceptors (Lipinski definition) is 3. The summed E-state index contributed by atoms with van der Waals surface area (Å²) in [6.45, 7) is 0. The molecule has 1 saturated heterocycles. The lowest BCUT2D eigenvalue weighted by Crippen LogP contribution is -2.31. The van der Waals surface area contributed by atoms with Crippen LogP contribution in [0.5, 0.6) is 0 Å². The molecule has 4 heteroatoms. The first-order chi connectivity index (χ1) is 8.74. The van der Waals surface area contributed by atoms with Gasteiger partial charge in [-0.2, -0.15) is 0 Å². The van der Waals surface area contributed by atoms with Crippen LogP contribution in [-0.4, -0.2) is 22.1 Å². The monoisotopic (exact) mass is 242 g/mol. The Morgan fingerprint density at radius 3 is 3.00 bits per heavy atom. The van der Waals surface area contributed by atoms with E-state index in [-0.39, 0.29) is 6.04 Å². The summed E-state index contributed by atoms with van der Waals surface area (Å²) in [5.74, 6) is -0.764. The van der Waals surface area contributed by atoms with E-state index in [1.807, 2.05) is 24.3 Å². The molecule has 2 unspecified atom stereocenters. The lowest BCUT2D eigenvalue weighted by molar-refractivity contribution is -0.139. The lowest BCUT2D eigenvalue weighted by atomic mass is 10.0. The van der Waals surface area contributed by atoms with Gasteiger partial charge in [0, 0.05) is 17.6 Å². The number of aromatic nitrogens is 1. The minimum Gasteiger partial charge on any atom is -0.480 e. The molecule has 2 atom stereocenters. The Morgan fingerprint density at radius 1 is 1.33 bits per heavy atom. The first-order valence-electron chi connectivity index (χ1n) is 6.07. The second kappa shape index (κ2) is 4.38. The molecule has 3 rings (SSSR count). The van der Waals surface area contributed by atoms with Crippen LogP contribution in [0.3, 0.4) is 0 Å². The first kappa shape index (κ1) is 11.2. The van der Waals surface area contributed by atoms with Gasteiger partial charge in [-0.3, -0.25) is 15.1 Å². The summed E-state index contributed by atoms with van der Waals surface area (Å²) in [5, 5.41) is 13.2. The highest BCUT2D eigenvalue weighted by molar-refractivity contribution is 5.79. The van der Waals surface area contributed by atoms with Gasteiger partial charge in [0.05, 0.1) is 5.52 Å². The van der Waals surface area contributed by atoms with Gasteiger partial charge in [-0.1, -0.05) is 12.1 Å². The number of hydrogen-bond donors (Lipinski definition) is 2. The standard InChI is InChI=1S/C14H14N2O2/c17-14(18)13-6-5-12(16-13)10-3-4-11-9(8-10)2-1-7-15-11/h1-4,7-8,12-13,16H,5-6H2,(H,17,18). The van der Waals surface area contributed by atoms with Gasteiger partial charge in [0.1, 0.15) is 6.04 Å². The molecule has 92 valence electrons.